The molecule has 0 radical (unpaired) electrons. The molecule has 1 saturated heterocycles. The highest BCUT2D eigenvalue weighted by Gasteiger charge is 2.22. The summed E-state index contributed by atoms with van der Waals surface area (Å²) in [5.74, 6) is 1.24. The lowest BCUT2D eigenvalue weighted by molar-refractivity contribution is -0.129. The van der Waals surface area contributed by atoms with Crippen molar-refractivity contribution >= 4 is 5.91 Å². The van der Waals surface area contributed by atoms with E-state index in [-0.39, 0.29) is 18.1 Å². The van der Waals surface area contributed by atoms with Crippen LogP contribution in [0.15, 0.2) is 48.5 Å². The number of carbonyl (C=O) groups is 1. The van der Waals surface area contributed by atoms with Gasteiger partial charge in [0.1, 0.15) is 11.6 Å². The molecule has 3 rings (SSSR count). The summed E-state index contributed by atoms with van der Waals surface area (Å²) in [5.41, 5.74) is 1.98. The summed E-state index contributed by atoms with van der Waals surface area (Å²) in [5, 5.41) is 0. The Bertz CT molecular complexity index is 803. The van der Waals surface area contributed by atoms with Crippen molar-refractivity contribution < 1.29 is 13.9 Å². The molecule has 0 spiro atoms. The van der Waals surface area contributed by atoms with Gasteiger partial charge in [0.05, 0.1) is 13.5 Å². The molecule has 1 heterocycles. The summed E-state index contributed by atoms with van der Waals surface area (Å²) < 4.78 is 18.7. The summed E-state index contributed by atoms with van der Waals surface area (Å²) in [4.78, 5) is 16.8. The molecule has 0 aromatic heterocycles. The Morgan fingerprint density at radius 2 is 1.93 bits per heavy atom. The number of halogens is 1. The molecule has 4 nitrogen and oxygen atoms in total. The second-order valence-electron chi connectivity index (χ2n) is 7.93. The maximum Gasteiger partial charge on any atom is 0.226 e. The van der Waals surface area contributed by atoms with Crippen LogP contribution < -0.4 is 4.74 Å². The largest absolute Gasteiger partial charge is 0.496 e. The monoisotopic (exact) mass is 398 g/mol. The highest BCUT2D eigenvalue weighted by molar-refractivity contribution is 5.78. The van der Waals surface area contributed by atoms with Gasteiger partial charge < -0.3 is 14.5 Å². The first-order chi connectivity index (χ1) is 14.0. The highest BCUT2D eigenvalue weighted by Crippen LogP contribution is 2.21. The summed E-state index contributed by atoms with van der Waals surface area (Å²) in [6.45, 7) is 3.92. The predicted octanol–water partition coefficient (Wildman–Crippen LogP) is 3.79. The van der Waals surface area contributed by atoms with Gasteiger partial charge in [0.15, 0.2) is 0 Å². The number of nitrogens with zero attached hydrogens (tertiary/aromatic N) is 2. The minimum Gasteiger partial charge on any atom is -0.496 e. The van der Waals surface area contributed by atoms with E-state index in [0.717, 1.165) is 56.8 Å². The van der Waals surface area contributed by atoms with Crippen molar-refractivity contribution in [2.24, 2.45) is 5.92 Å². The zero-order valence-corrected chi connectivity index (χ0v) is 17.4. The van der Waals surface area contributed by atoms with E-state index < -0.39 is 0 Å². The van der Waals surface area contributed by atoms with E-state index in [1.807, 2.05) is 19.2 Å². The second-order valence-corrected chi connectivity index (χ2v) is 7.93. The van der Waals surface area contributed by atoms with Gasteiger partial charge in [0.25, 0.3) is 0 Å². The second kappa shape index (κ2) is 10.4. The van der Waals surface area contributed by atoms with Gasteiger partial charge in [-0.1, -0.05) is 30.3 Å². The molecule has 0 bridgehead atoms. The lowest BCUT2D eigenvalue weighted by Gasteiger charge is -2.34. The van der Waals surface area contributed by atoms with Crippen LogP contribution >= 0.6 is 0 Å². The fourth-order valence-corrected chi connectivity index (χ4v) is 4.03. The first kappa shape index (κ1) is 21.3. The standard InChI is InChI=1S/C24H31FN2O2/c1-26(24(28)17-20-6-5-8-22(25)16-20)18-19-10-13-27(14-11-19)15-12-21-7-3-4-9-23(21)29-2/h3-9,16,19H,10-15,17-18H2,1-2H3. The molecule has 1 aliphatic heterocycles. The minimum atomic E-state index is -0.293. The van der Waals surface area contributed by atoms with Crippen molar-refractivity contribution in [1.82, 2.24) is 9.80 Å². The molecule has 1 aliphatic rings. The summed E-state index contributed by atoms with van der Waals surface area (Å²) in [6, 6.07) is 14.5. The molecular weight excluding hydrogens is 367 g/mol. The number of likely N-dealkylation sites (tertiary alicyclic amines) is 1. The van der Waals surface area contributed by atoms with Gasteiger partial charge in [-0.25, -0.2) is 4.39 Å². The normalized spacial score (nSPS) is 15.3. The zero-order chi connectivity index (χ0) is 20.6. The summed E-state index contributed by atoms with van der Waals surface area (Å²) >= 11 is 0. The molecule has 2 aromatic rings. The molecule has 1 fully saturated rings. The third-order valence-corrected chi connectivity index (χ3v) is 5.80. The maximum atomic E-state index is 13.3. The Morgan fingerprint density at radius 3 is 2.66 bits per heavy atom. The first-order valence-electron chi connectivity index (χ1n) is 10.4. The topological polar surface area (TPSA) is 32.8 Å². The Balaban J connectivity index is 1.40. The van der Waals surface area contributed by atoms with Crippen LogP contribution in [-0.2, 0) is 17.6 Å². The first-order valence-corrected chi connectivity index (χ1v) is 10.4. The average Bonchev–Trinajstić information content (AvgIpc) is 2.73. The van der Waals surface area contributed by atoms with Crippen LogP contribution in [0.1, 0.15) is 24.0 Å². The number of para-hydroxylation sites is 1. The smallest absolute Gasteiger partial charge is 0.226 e. The molecule has 1 amide bonds. The molecule has 0 unspecified atom stereocenters. The van der Waals surface area contributed by atoms with Gasteiger partial charge in [-0.15, -0.1) is 0 Å². The van der Waals surface area contributed by atoms with Gasteiger partial charge in [0, 0.05) is 20.1 Å². The Labute approximate surface area is 173 Å². The Hall–Kier alpha value is -2.40. The molecule has 0 saturated carbocycles. The quantitative estimate of drug-likeness (QED) is 0.678. The van der Waals surface area contributed by atoms with Gasteiger partial charge in [-0.2, -0.15) is 0 Å². The molecule has 0 N–H and O–H groups in total. The summed E-state index contributed by atoms with van der Waals surface area (Å²) in [6.07, 6.45) is 3.44. The van der Waals surface area contributed by atoms with E-state index in [2.05, 4.69) is 17.0 Å². The lowest BCUT2D eigenvalue weighted by atomic mass is 9.95. The minimum absolute atomic E-state index is 0.0502. The Kier molecular flexibility index (Phi) is 7.64. The number of carbonyl (C=O) groups excluding carboxylic acids is 1. The van der Waals surface area contributed by atoms with Crippen LogP contribution in [-0.4, -0.2) is 56.0 Å². The third-order valence-electron chi connectivity index (χ3n) is 5.80. The number of benzene rings is 2. The van der Waals surface area contributed by atoms with Crippen molar-refractivity contribution in [3.8, 4) is 5.75 Å². The van der Waals surface area contributed by atoms with Crippen LogP contribution in [0.3, 0.4) is 0 Å². The maximum absolute atomic E-state index is 13.3. The van der Waals surface area contributed by atoms with Crippen molar-refractivity contribution in [2.45, 2.75) is 25.7 Å². The molecule has 2 aromatic carbocycles. The van der Waals surface area contributed by atoms with E-state index in [1.165, 1.54) is 17.7 Å². The molecular formula is C24H31FN2O2. The number of rotatable bonds is 8. The molecule has 29 heavy (non-hydrogen) atoms. The van der Waals surface area contributed by atoms with Gasteiger partial charge >= 0.3 is 0 Å². The summed E-state index contributed by atoms with van der Waals surface area (Å²) in [7, 11) is 3.58. The number of likely N-dealkylation sites (N-methyl/N-ethyl adjacent to an activating group) is 1. The van der Waals surface area contributed by atoms with Crippen molar-refractivity contribution in [2.75, 3.05) is 40.3 Å². The van der Waals surface area contributed by atoms with Crippen LogP contribution in [0, 0.1) is 11.7 Å². The van der Waals surface area contributed by atoms with E-state index in [1.54, 1.807) is 24.1 Å². The third kappa shape index (κ3) is 6.29. The van der Waals surface area contributed by atoms with Crippen LogP contribution in [0.25, 0.3) is 0 Å². The van der Waals surface area contributed by atoms with Crippen molar-refractivity contribution in [1.29, 1.82) is 0 Å². The SMILES string of the molecule is COc1ccccc1CCN1CCC(CN(C)C(=O)Cc2cccc(F)c2)CC1. The van der Waals surface area contributed by atoms with Crippen LogP contribution in [0.2, 0.25) is 0 Å². The Morgan fingerprint density at radius 1 is 1.17 bits per heavy atom. The van der Waals surface area contributed by atoms with E-state index >= 15 is 0 Å². The molecule has 0 atom stereocenters. The van der Waals surface area contributed by atoms with Gasteiger partial charge in [-0.05, 0) is 67.6 Å². The van der Waals surface area contributed by atoms with E-state index in [0.29, 0.717) is 5.92 Å². The van der Waals surface area contributed by atoms with Crippen molar-refractivity contribution in [3.63, 3.8) is 0 Å². The van der Waals surface area contributed by atoms with Crippen LogP contribution in [0.4, 0.5) is 4.39 Å². The predicted molar refractivity (Wildman–Crippen MR) is 114 cm³/mol. The zero-order valence-electron chi connectivity index (χ0n) is 17.4. The van der Waals surface area contributed by atoms with E-state index in [9.17, 15) is 9.18 Å². The number of amides is 1. The van der Waals surface area contributed by atoms with Gasteiger partial charge in [0.2, 0.25) is 5.91 Å². The van der Waals surface area contributed by atoms with Crippen LogP contribution in [0.5, 0.6) is 5.75 Å². The van der Waals surface area contributed by atoms with E-state index in [4.69, 9.17) is 4.74 Å². The number of piperidine rings is 1. The fraction of sp³-hybridized carbons (Fsp3) is 0.458. The highest BCUT2D eigenvalue weighted by atomic mass is 19.1. The number of hydrogen-bond donors (Lipinski definition) is 0. The molecule has 156 valence electrons. The number of hydrogen-bond acceptors (Lipinski definition) is 3. The average molecular weight is 399 g/mol. The molecule has 0 aliphatic carbocycles. The number of ether oxygens (including phenoxy) is 1. The van der Waals surface area contributed by atoms with Crippen molar-refractivity contribution in [3.05, 3.63) is 65.5 Å². The molecule has 5 heteroatoms. The van der Waals surface area contributed by atoms with Gasteiger partial charge in [-0.3, -0.25) is 4.79 Å². The number of methoxy groups -OCH3 is 1. The lowest BCUT2D eigenvalue weighted by Crippen LogP contribution is -2.40. The fourth-order valence-electron chi connectivity index (χ4n) is 4.03.